The van der Waals surface area contributed by atoms with Gasteiger partial charge in [0.15, 0.2) is 5.82 Å². The van der Waals surface area contributed by atoms with Gasteiger partial charge < -0.3 is 20.1 Å². The van der Waals surface area contributed by atoms with Gasteiger partial charge >= 0.3 is 0 Å². The van der Waals surface area contributed by atoms with Crippen LogP contribution in [0.4, 0.5) is 8.78 Å². The third kappa shape index (κ3) is 3.36. The number of halogens is 2. The minimum Gasteiger partial charge on any atom is -0.350 e. The van der Waals surface area contributed by atoms with Gasteiger partial charge in [0, 0.05) is 24.5 Å². The van der Waals surface area contributed by atoms with Crippen molar-refractivity contribution in [3.63, 3.8) is 0 Å². The normalized spacial score (nSPS) is 14.7. The average Bonchev–Trinajstić information content (AvgIpc) is 3.27. The van der Waals surface area contributed by atoms with Gasteiger partial charge in [-0.25, -0.2) is 8.78 Å². The predicted octanol–water partition coefficient (Wildman–Crippen LogP) is 3.37. The second kappa shape index (κ2) is 6.98. The summed E-state index contributed by atoms with van der Waals surface area (Å²) in [5, 5.41) is 6.80. The van der Waals surface area contributed by atoms with E-state index in [1.165, 1.54) is 12.1 Å². The van der Waals surface area contributed by atoms with Crippen LogP contribution < -0.4 is 11.1 Å². The number of hydrogen-bond acceptors (Lipinski definition) is 5. The summed E-state index contributed by atoms with van der Waals surface area (Å²) in [4.78, 5) is 16.2. The molecule has 9 heteroatoms. The lowest BCUT2D eigenvalue weighted by molar-refractivity contribution is -0.123. The molecule has 1 amide bonds. The molecule has 0 saturated heterocycles. The van der Waals surface area contributed by atoms with Crippen LogP contribution >= 0.6 is 0 Å². The van der Waals surface area contributed by atoms with Crippen LogP contribution in [0.15, 0.2) is 47.0 Å². The SMILES string of the molecule is Cc1nc(-c2c(F)c3cc(F)ccc3n2-c2ccc(CNC(=O)C3(N)CC3)cc2)no1. The molecule has 5 rings (SSSR count). The summed E-state index contributed by atoms with van der Waals surface area (Å²) in [6.07, 6.45) is 1.39. The third-order valence-corrected chi connectivity index (χ3v) is 5.50. The number of hydrogen-bond donors (Lipinski definition) is 2. The molecule has 31 heavy (non-hydrogen) atoms. The van der Waals surface area contributed by atoms with Crippen LogP contribution in [0, 0.1) is 18.6 Å². The zero-order chi connectivity index (χ0) is 21.8. The Balaban J connectivity index is 1.54. The molecule has 1 aliphatic carbocycles. The smallest absolute Gasteiger partial charge is 0.240 e. The lowest BCUT2D eigenvalue weighted by Gasteiger charge is -2.12. The van der Waals surface area contributed by atoms with Crippen LogP contribution in [0.3, 0.4) is 0 Å². The van der Waals surface area contributed by atoms with Crippen molar-refractivity contribution in [1.82, 2.24) is 20.0 Å². The van der Waals surface area contributed by atoms with Crippen molar-refractivity contribution in [3.05, 3.63) is 65.6 Å². The Labute approximate surface area is 175 Å². The van der Waals surface area contributed by atoms with E-state index in [4.69, 9.17) is 10.3 Å². The molecule has 1 fully saturated rings. The minimum absolute atomic E-state index is 0.0700. The van der Waals surface area contributed by atoms with E-state index in [1.807, 2.05) is 12.1 Å². The molecule has 0 radical (unpaired) electrons. The highest BCUT2D eigenvalue weighted by atomic mass is 19.1. The molecule has 4 aromatic rings. The Bertz CT molecular complexity index is 1310. The molecule has 3 N–H and O–H groups in total. The highest BCUT2D eigenvalue weighted by Gasteiger charge is 2.45. The summed E-state index contributed by atoms with van der Waals surface area (Å²) in [5.74, 6) is -0.979. The number of aryl methyl sites for hydroxylation is 1. The van der Waals surface area contributed by atoms with Crippen molar-refractivity contribution in [2.24, 2.45) is 5.73 Å². The summed E-state index contributed by atoms with van der Waals surface area (Å²) in [6, 6.07) is 11.1. The van der Waals surface area contributed by atoms with Crippen molar-refractivity contribution in [2.75, 3.05) is 0 Å². The number of nitrogens with zero attached hydrogens (tertiary/aromatic N) is 3. The molecule has 158 valence electrons. The monoisotopic (exact) mass is 423 g/mol. The van der Waals surface area contributed by atoms with Crippen LogP contribution in [0.2, 0.25) is 0 Å². The fraction of sp³-hybridized carbons (Fsp3) is 0.227. The first-order valence-electron chi connectivity index (χ1n) is 9.82. The van der Waals surface area contributed by atoms with Gasteiger partial charge in [0.1, 0.15) is 11.5 Å². The molecule has 0 aliphatic heterocycles. The van der Waals surface area contributed by atoms with Gasteiger partial charge in [-0.1, -0.05) is 17.3 Å². The molecule has 0 spiro atoms. The average molecular weight is 423 g/mol. The number of aromatic nitrogens is 3. The lowest BCUT2D eigenvalue weighted by atomic mass is 10.2. The Morgan fingerprint density at radius 3 is 2.61 bits per heavy atom. The van der Waals surface area contributed by atoms with Crippen molar-refractivity contribution in [2.45, 2.75) is 31.8 Å². The number of fused-ring (bicyclic) bond motifs is 1. The van der Waals surface area contributed by atoms with E-state index in [0.717, 1.165) is 11.6 Å². The largest absolute Gasteiger partial charge is 0.350 e. The van der Waals surface area contributed by atoms with Gasteiger partial charge in [0.25, 0.3) is 0 Å². The minimum atomic E-state index is -0.728. The van der Waals surface area contributed by atoms with Gasteiger partial charge in [-0.2, -0.15) is 4.98 Å². The highest BCUT2D eigenvalue weighted by molar-refractivity contribution is 5.89. The lowest BCUT2D eigenvalue weighted by Crippen LogP contribution is -2.42. The standard InChI is InChI=1S/C22H19F2N5O2/c1-12-27-20(28-31-12)19-18(24)16-10-14(23)4-7-17(16)29(19)15-5-2-13(3-6-15)11-26-21(30)22(25)8-9-22/h2-7,10H,8-9,11,25H2,1H3,(H,26,30). The van der Waals surface area contributed by atoms with E-state index < -0.39 is 17.2 Å². The molecule has 2 aromatic carbocycles. The van der Waals surface area contributed by atoms with Crippen molar-refractivity contribution < 1.29 is 18.1 Å². The van der Waals surface area contributed by atoms with Crippen molar-refractivity contribution in [3.8, 4) is 17.2 Å². The van der Waals surface area contributed by atoms with Crippen LogP contribution in [0.1, 0.15) is 24.3 Å². The zero-order valence-corrected chi connectivity index (χ0v) is 16.7. The Hall–Kier alpha value is -3.59. The Morgan fingerprint density at radius 1 is 1.23 bits per heavy atom. The maximum Gasteiger partial charge on any atom is 0.240 e. The Morgan fingerprint density at radius 2 is 1.97 bits per heavy atom. The Kier molecular flexibility index (Phi) is 4.37. The van der Waals surface area contributed by atoms with Crippen LogP contribution in [0.25, 0.3) is 28.1 Å². The molecular formula is C22H19F2N5O2. The molecule has 7 nitrogen and oxygen atoms in total. The summed E-state index contributed by atoms with van der Waals surface area (Å²) in [6.45, 7) is 1.94. The number of carbonyl (C=O) groups excluding carboxylic acids is 1. The van der Waals surface area contributed by atoms with E-state index >= 15 is 4.39 Å². The number of rotatable bonds is 5. The predicted molar refractivity (Wildman–Crippen MR) is 109 cm³/mol. The molecule has 1 aliphatic rings. The summed E-state index contributed by atoms with van der Waals surface area (Å²) < 4.78 is 35.7. The second-order valence-electron chi connectivity index (χ2n) is 7.80. The molecule has 2 aromatic heterocycles. The van der Waals surface area contributed by atoms with E-state index in [1.54, 1.807) is 23.6 Å². The third-order valence-electron chi connectivity index (χ3n) is 5.50. The first-order valence-corrected chi connectivity index (χ1v) is 9.82. The number of amides is 1. The first-order chi connectivity index (χ1) is 14.9. The molecule has 1 saturated carbocycles. The molecule has 0 atom stereocenters. The molecule has 0 unspecified atom stereocenters. The van der Waals surface area contributed by atoms with Crippen LogP contribution in [-0.2, 0) is 11.3 Å². The van der Waals surface area contributed by atoms with E-state index in [-0.39, 0.29) is 28.7 Å². The summed E-state index contributed by atoms with van der Waals surface area (Å²) in [5.41, 5.74) is 7.21. The van der Waals surface area contributed by atoms with E-state index in [0.29, 0.717) is 30.6 Å². The van der Waals surface area contributed by atoms with Crippen LogP contribution in [-0.4, -0.2) is 26.2 Å². The van der Waals surface area contributed by atoms with Gasteiger partial charge in [-0.05, 0) is 48.7 Å². The molecule has 0 bridgehead atoms. The quantitative estimate of drug-likeness (QED) is 0.513. The zero-order valence-electron chi connectivity index (χ0n) is 16.7. The summed E-state index contributed by atoms with van der Waals surface area (Å²) >= 11 is 0. The number of carbonyl (C=O) groups is 1. The van der Waals surface area contributed by atoms with E-state index in [2.05, 4.69) is 15.5 Å². The number of nitrogens with two attached hydrogens (primary N) is 1. The summed E-state index contributed by atoms with van der Waals surface area (Å²) in [7, 11) is 0. The van der Waals surface area contributed by atoms with Crippen molar-refractivity contribution >= 4 is 16.8 Å². The fourth-order valence-electron chi connectivity index (χ4n) is 3.57. The van der Waals surface area contributed by atoms with Gasteiger partial charge in [0.05, 0.1) is 11.1 Å². The topological polar surface area (TPSA) is 99.0 Å². The van der Waals surface area contributed by atoms with Gasteiger partial charge in [0.2, 0.25) is 17.6 Å². The maximum absolute atomic E-state index is 15.3. The molecular weight excluding hydrogens is 404 g/mol. The fourth-order valence-corrected chi connectivity index (χ4v) is 3.57. The van der Waals surface area contributed by atoms with E-state index in [9.17, 15) is 9.18 Å². The van der Waals surface area contributed by atoms with Gasteiger partial charge in [-0.15, -0.1) is 0 Å². The van der Waals surface area contributed by atoms with Gasteiger partial charge in [-0.3, -0.25) is 4.79 Å². The van der Waals surface area contributed by atoms with Crippen LogP contribution in [0.5, 0.6) is 0 Å². The first kappa shape index (κ1) is 19.4. The highest BCUT2D eigenvalue weighted by Crippen LogP contribution is 2.35. The maximum atomic E-state index is 15.3. The molecule has 2 heterocycles. The second-order valence-corrected chi connectivity index (χ2v) is 7.80. The number of benzene rings is 2. The van der Waals surface area contributed by atoms with Crippen molar-refractivity contribution in [1.29, 1.82) is 0 Å². The number of nitrogens with one attached hydrogen (secondary N) is 1.